The molecule has 0 unspecified atom stereocenters. The molecule has 0 fully saturated rings. The van der Waals surface area contributed by atoms with Crippen LogP contribution in [0, 0.1) is 0 Å². The van der Waals surface area contributed by atoms with Crippen LogP contribution in [0.1, 0.15) is 19.4 Å². The maximum atomic E-state index is 11.9. The topological polar surface area (TPSA) is 67.9 Å². The van der Waals surface area contributed by atoms with E-state index in [-0.39, 0.29) is 22.9 Å². The number of ether oxygens (including phenoxy) is 1. The molecule has 21 heavy (non-hydrogen) atoms. The van der Waals surface area contributed by atoms with Crippen LogP contribution < -0.4 is 5.73 Å². The minimum atomic E-state index is -0.953. The van der Waals surface area contributed by atoms with E-state index in [1.807, 2.05) is 0 Å². The van der Waals surface area contributed by atoms with Crippen LogP contribution in [0.15, 0.2) is 17.1 Å². The second-order valence-corrected chi connectivity index (χ2v) is 5.75. The Hall–Kier alpha value is -0.980. The first kappa shape index (κ1) is 18.1. The van der Waals surface area contributed by atoms with Crippen LogP contribution in [-0.4, -0.2) is 29.5 Å². The van der Waals surface area contributed by atoms with Gasteiger partial charge in [-0.25, -0.2) is 9.79 Å². The van der Waals surface area contributed by atoms with E-state index in [1.165, 1.54) is 7.11 Å². The summed E-state index contributed by atoms with van der Waals surface area (Å²) in [7, 11) is 1.33. The molecule has 8 heteroatoms. The molecule has 5 nitrogen and oxygen atoms in total. The van der Waals surface area contributed by atoms with E-state index in [0.29, 0.717) is 22.3 Å². The summed E-state index contributed by atoms with van der Waals surface area (Å²) in [5.41, 5.74) is 6.40. The van der Waals surface area contributed by atoms with E-state index < -0.39 is 11.5 Å². The molecular formula is C13H16BrCl2N3O2. The first-order valence-corrected chi connectivity index (χ1v) is 6.71. The summed E-state index contributed by atoms with van der Waals surface area (Å²) >= 11 is 12.2. The number of fused-ring (bicyclic) bond motifs is 1. The van der Waals surface area contributed by atoms with Gasteiger partial charge in [-0.05, 0) is 26.0 Å². The van der Waals surface area contributed by atoms with Crippen LogP contribution >= 0.6 is 40.2 Å². The quantitative estimate of drug-likeness (QED) is 0.778. The lowest BCUT2D eigenvalue weighted by Crippen LogP contribution is -2.56. The lowest BCUT2D eigenvalue weighted by molar-refractivity contribution is -0.151. The molecule has 2 rings (SSSR count). The van der Waals surface area contributed by atoms with E-state index >= 15 is 0 Å². The number of guanidine groups is 1. The molecule has 1 heterocycles. The number of aliphatic imine (C=N–C) groups is 1. The Bertz CT molecular complexity index is 605. The summed E-state index contributed by atoms with van der Waals surface area (Å²) in [6.45, 7) is 3.77. The van der Waals surface area contributed by atoms with Crippen molar-refractivity contribution in [1.29, 1.82) is 0 Å². The Morgan fingerprint density at radius 2 is 2.05 bits per heavy atom. The fraction of sp³-hybridized carbons (Fsp3) is 0.385. The second kappa shape index (κ2) is 6.42. The van der Waals surface area contributed by atoms with Crippen molar-refractivity contribution in [3.05, 3.63) is 27.7 Å². The van der Waals surface area contributed by atoms with Gasteiger partial charge in [0.1, 0.15) is 5.54 Å². The van der Waals surface area contributed by atoms with Gasteiger partial charge in [0.15, 0.2) is 5.96 Å². The normalized spacial score (nSPS) is 14.0. The molecule has 1 aromatic rings. The van der Waals surface area contributed by atoms with Crippen molar-refractivity contribution < 1.29 is 9.53 Å². The zero-order chi connectivity index (χ0) is 15.1. The van der Waals surface area contributed by atoms with Crippen LogP contribution in [0.25, 0.3) is 0 Å². The van der Waals surface area contributed by atoms with Crippen LogP contribution in [0.3, 0.4) is 0 Å². The number of hydrogen-bond donors (Lipinski definition) is 1. The standard InChI is InChI=1S/C13H15Cl2N3O2.BrH/c1-13(2,11(19)20-3)18-6-7-9(17-12(18)16)5-4-8(14)10(7)15;/h4-5H,6H2,1-3H3,(H2,16,17);1H. The minimum Gasteiger partial charge on any atom is -0.467 e. The third kappa shape index (κ3) is 3.12. The van der Waals surface area contributed by atoms with Crippen molar-refractivity contribution in [2.45, 2.75) is 25.9 Å². The molecule has 0 aromatic heterocycles. The number of methoxy groups -OCH3 is 1. The molecule has 0 bridgehead atoms. The number of carbonyl (C=O) groups excluding carboxylic acids is 1. The van der Waals surface area contributed by atoms with Crippen molar-refractivity contribution in [2.75, 3.05) is 7.11 Å². The monoisotopic (exact) mass is 395 g/mol. The molecule has 1 aliphatic heterocycles. The van der Waals surface area contributed by atoms with Crippen molar-refractivity contribution in [3.8, 4) is 0 Å². The van der Waals surface area contributed by atoms with Crippen molar-refractivity contribution in [3.63, 3.8) is 0 Å². The van der Waals surface area contributed by atoms with E-state index in [9.17, 15) is 4.79 Å². The summed E-state index contributed by atoms with van der Waals surface area (Å²) in [5.74, 6) is -0.163. The zero-order valence-corrected chi connectivity index (χ0v) is 15.0. The highest BCUT2D eigenvalue weighted by atomic mass is 79.9. The predicted molar refractivity (Wildman–Crippen MR) is 89.7 cm³/mol. The minimum absolute atomic E-state index is 0. The third-order valence-corrected chi connectivity index (χ3v) is 4.20. The molecule has 0 atom stereocenters. The number of hydrogen-bond acceptors (Lipinski definition) is 5. The average Bonchev–Trinajstić information content (AvgIpc) is 2.41. The van der Waals surface area contributed by atoms with E-state index in [0.717, 1.165) is 5.56 Å². The van der Waals surface area contributed by atoms with Gasteiger partial charge in [-0.3, -0.25) is 0 Å². The molecule has 116 valence electrons. The lowest BCUT2D eigenvalue weighted by atomic mass is 10.0. The summed E-state index contributed by atoms with van der Waals surface area (Å²) in [6.07, 6.45) is 0. The van der Waals surface area contributed by atoms with Crippen molar-refractivity contribution in [1.82, 2.24) is 4.90 Å². The highest BCUT2D eigenvalue weighted by Crippen LogP contribution is 2.38. The Morgan fingerprint density at radius 3 is 2.62 bits per heavy atom. The largest absolute Gasteiger partial charge is 0.467 e. The van der Waals surface area contributed by atoms with Crippen LogP contribution in [0.5, 0.6) is 0 Å². The number of rotatable bonds is 2. The Morgan fingerprint density at radius 1 is 1.43 bits per heavy atom. The van der Waals surface area contributed by atoms with Crippen molar-refractivity contribution in [2.24, 2.45) is 10.7 Å². The van der Waals surface area contributed by atoms with Crippen molar-refractivity contribution >= 4 is 57.8 Å². The van der Waals surface area contributed by atoms with Gasteiger partial charge < -0.3 is 15.4 Å². The highest BCUT2D eigenvalue weighted by Gasteiger charge is 2.39. The molecule has 0 amide bonds. The van der Waals surface area contributed by atoms with Crippen LogP contribution in [0.2, 0.25) is 10.0 Å². The van der Waals surface area contributed by atoms with Gasteiger partial charge >= 0.3 is 5.97 Å². The number of nitrogens with zero attached hydrogens (tertiary/aromatic N) is 2. The van der Waals surface area contributed by atoms with Gasteiger partial charge in [-0.2, -0.15) is 0 Å². The van der Waals surface area contributed by atoms with Gasteiger partial charge in [0.25, 0.3) is 0 Å². The molecular weight excluding hydrogens is 381 g/mol. The first-order chi connectivity index (χ1) is 9.28. The van der Waals surface area contributed by atoms with E-state index in [1.54, 1.807) is 30.9 Å². The van der Waals surface area contributed by atoms with Gasteiger partial charge in [-0.1, -0.05) is 23.2 Å². The van der Waals surface area contributed by atoms with Gasteiger partial charge in [0.2, 0.25) is 0 Å². The maximum Gasteiger partial charge on any atom is 0.331 e. The SMILES string of the molecule is Br.COC(=O)C(C)(C)N1Cc2c(ccc(Cl)c2Cl)N=C1N. The Labute approximate surface area is 143 Å². The molecule has 0 aliphatic carbocycles. The second-order valence-electron chi connectivity index (χ2n) is 4.97. The average molecular weight is 397 g/mol. The molecule has 0 spiro atoms. The number of benzene rings is 1. The van der Waals surface area contributed by atoms with Gasteiger partial charge in [-0.15, -0.1) is 17.0 Å². The Balaban J connectivity index is 0.00000220. The van der Waals surface area contributed by atoms with Crippen LogP contribution in [0.4, 0.5) is 5.69 Å². The molecule has 2 N–H and O–H groups in total. The third-order valence-electron chi connectivity index (χ3n) is 3.36. The van der Waals surface area contributed by atoms with Crippen LogP contribution in [-0.2, 0) is 16.1 Å². The summed E-state index contributed by atoms with van der Waals surface area (Å²) in [6, 6.07) is 3.42. The van der Waals surface area contributed by atoms with Gasteiger partial charge in [0, 0.05) is 5.56 Å². The number of halogens is 3. The molecule has 0 radical (unpaired) electrons. The number of nitrogens with two attached hydrogens (primary N) is 1. The molecule has 1 aliphatic rings. The Kier molecular flexibility index (Phi) is 5.52. The molecule has 0 saturated carbocycles. The first-order valence-electron chi connectivity index (χ1n) is 5.96. The molecule has 0 saturated heterocycles. The zero-order valence-electron chi connectivity index (χ0n) is 11.8. The number of carbonyl (C=O) groups is 1. The number of esters is 1. The summed E-state index contributed by atoms with van der Waals surface area (Å²) in [5, 5.41) is 0.864. The van der Waals surface area contributed by atoms with Gasteiger partial charge in [0.05, 0.1) is 29.4 Å². The lowest BCUT2D eigenvalue weighted by Gasteiger charge is -2.39. The van der Waals surface area contributed by atoms with E-state index in [4.69, 9.17) is 33.7 Å². The van der Waals surface area contributed by atoms with E-state index in [2.05, 4.69) is 4.99 Å². The summed E-state index contributed by atoms with van der Waals surface area (Å²) in [4.78, 5) is 17.8. The highest BCUT2D eigenvalue weighted by molar-refractivity contribution is 8.93. The fourth-order valence-corrected chi connectivity index (χ4v) is 2.50. The smallest absolute Gasteiger partial charge is 0.331 e. The summed E-state index contributed by atoms with van der Waals surface area (Å²) < 4.78 is 4.81. The predicted octanol–water partition coefficient (Wildman–Crippen LogP) is 3.28. The molecule has 1 aromatic carbocycles. The fourth-order valence-electron chi connectivity index (χ4n) is 2.10. The maximum absolute atomic E-state index is 11.9.